The number of H-pyrrole nitrogens is 1. The normalized spacial score (nSPS) is 18.2. The minimum absolute atomic E-state index is 0.208. The van der Waals surface area contributed by atoms with Gasteiger partial charge in [0.2, 0.25) is 0 Å². The molecule has 7 nitrogen and oxygen atoms in total. The second kappa shape index (κ2) is 12.3. The number of nitrogens with two attached hydrogens (primary N) is 1. The summed E-state index contributed by atoms with van der Waals surface area (Å²) in [5.74, 6) is 0.815. The van der Waals surface area contributed by atoms with Gasteiger partial charge in [-0.3, -0.25) is 15.0 Å². The Labute approximate surface area is 232 Å². The topological polar surface area (TPSA) is 86.4 Å². The van der Waals surface area contributed by atoms with Crippen molar-refractivity contribution in [1.29, 1.82) is 0 Å². The third-order valence-corrected chi connectivity index (χ3v) is 7.55. The van der Waals surface area contributed by atoms with Crippen LogP contribution < -0.4 is 10.6 Å². The molecule has 7 heteroatoms. The predicted octanol–water partition coefficient (Wildman–Crippen LogP) is 6.72. The molecule has 2 aromatic heterocycles. The van der Waals surface area contributed by atoms with E-state index in [-0.39, 0.29) is 5.54 Å². The van der Waals surface area contributed by atoms with Crippen molar-refractivity contribution >= 4 is 22.9 Å². The zero-order chi connectivity index (χ0) is 28.0. The van der Waals surface area contributed by atoms with Crippen molar-refractivity contribution in [3.8, 4) is 0 Å². The van der Waals surface area contributed by atoms with Gasteiger partial charge in [0.1, 0.15) is 5.84 Å². The molecule has 3 heterocycles. The third-order valence-electron chi connectivity index (χ3n) is 7.55. The highest BCUT2D eigenvalue weighted by atomic mass is 15.2. The van der Waals surface area contributed by atoms with Gasteiger partial charge in [-0.1, -0.05) is 38.6 Å². The summed E-state index contributed by atoms with van der Waals surface area (Å²) in [6.07, 6.45) is 10.8. The van der Waals surface area contributed by atoms with Crippen LogP contribution in [0, 0.1) is 0 Å². The van der Waals surface area contributed by atoms with Crippen molar-refractivity contribution in [3.05, 3.63) is 102 Å². The van der Waals surface area contributed by atoms with E-state index in [1.165, 1.54) is 12.0 Å². The molecule has 0 radical (unpaired) electrons. The number of aromatic nitrogens is 3. The number of hydrogen-bond donors (Lipinski definition) is 2. The minimum Gasteiger partial charge on any atom is -0.375 e. The maximum Gasteiger partial charge on any atom is 0.147 e. The molecule has 0 spiro atoms. The van der Waals surface area contributed by atoms with Crippen LogP contribution in [0.15, 0.2) is 90.0 Å². The highest BCUT2D eigenvalue weighted by Gasteiger charge is 2.35. The maximum absolute atomic E-state index is 6.63. The number of hydrogen-bond acceptors (Lipinski definition) is 5. The second-order valence-electron chi connectivity index (χ2n) is 9.68. The van der Waals surface area contributed by atoms with E-state index in [1.54, 1.807) is 6.20 Å². The smallest absolute Gasteiger partial charge is 0.147 e. The van der Waals surface area contributed by atoms with Gasteiger partial charge in [0.05, 0.1) is 23.3 Å². The zero-order valence-corrected chi connectivity index (χ0v) is 23.9. The summed E-state index contributed by atoms with van der Waals surface area (Å²) in [6, 6.07) is 14.6. The molecule has 3 N–H and O–H groups in total. The van der Waals surface area contributed by atoms with Crippen molar-refractivity contribution in [1.82, 2.24) is 20.1 Å². The summed E-state index contributed by atoms with van der Waals surface area (Å²) in [4.78, 5) is 14.3. The van der Waals surface area contributed by atoms with E-state index < -0.39 is 0 Å². The summed E-state index contributed by atoms with van der Waals surface area (Å²) in [5, 5.41) is 6.95. The molecule has 1 saturated carbocycles. The summed E-state index contributed by atoms with van der Waals surface area (Å²) in [7, 11) is 0. The van der Waals surface area contributed by atoms with Crippen molar-refractivity contribution < 1.29 is 0 Å². The lowest BCUT2D eigenvalue weighted by Crippen LogP contribution is -2.43. The van der Waals surface area contributed by atoms with Gasteiger partial charge < -0.3 is 10.6 Å². The molecule has 5 rings (SSSR count). The number of anilines is 1. The number of nitrogens with one attached hydrogen (secondary N) is 1. The first-order valence-electron chi connectivity index (χ1n) is 14.0. The summed E-state index contributed by atoms with van der Waals surface area (Å²) in [6.45, 7) is 16.6. The Kier molecular flexibility index (Phi) is 8.82. The fourth-order valence-electron chi connectivity index (χ4n) is 5.10. The molecule has 1 aliphatic carbocycles. The monoisotopic (exact) mass is 523 g/mol. The van der Waals surface area contributed by atoms with Gasteiger partial charge in [-0.05, 0) is 75.9 Å². The Balaban J connectivity index is 0.00000172. The maximum atomic E-state index is 6.63. The van der Waals surface area contributed by atoms with Crippen LogP contribution in [0.4, 0.5) is 5.69 Å². The molecular formula is C32H41N7. The Morgan fingerprint density at radius 3 is 2.38 bits per heavy atom. The summed E-state index contributed by atoms with van der Waals surface area (Å²) >= 11 is 0. The average Bonchev–Trinajstić information content (AvgIpc) is 3.63. The molecule has 2 aliphatic rings. The molecular weight excluding hydrogens is 482 g/mol. The molecule has 0 bridgehead atoms. The van der Waals surface area contributed by atoms with E-state index >= 15 is 0 Å². The van der Waals surface area contributed by atoms with Crippen LogP contribution in [0.5, 0.6) is 0 Å². The Bertz CT molecular complexity index is 1340. The van der Waals surface area contributed by atoms with Crippen LogP contribution in [0.3, 0.4) is 0 Å². The van der Waals surface area contributed by atoms with E-state index in [9.17, 15) is 0 Å². The van der Waals surface area contributed by atoms with Crippen LogP contribution in [0.2, 0.25) is 0 Å². The molecule has 1 aromatic carbocycles. The number of amidine groups is 1. The lowest BCUT2D eigenvalue weighted by molar-refractivity contribution is 0.253. The summed E-state index contributed by atoms with van der Waals surface area (Å²) in [5.41, 5.74) is 14.2. The molecule has 1 aliphatic heterocycles. The van der Waals surface area contributed by atoms with Crippen molar-refractivity contribution in [2.24, 2.45) is 10.7 Å². The largest absolute Gasteiger partial charge is 0.375 e. The van der Waals surface area contributed by atoms with Crippen LogP contribution in [0.1, 0.15) is 70.7 Å². The Hall–Kier alpha value is -3.97. The van der Waals surface area contributed by atoms with Gasteiger partial charge in [0.25, 0.3) is 0 Å². The lowest BCUT2D eigenvalue weighted by Gasteiger charge is -2.38. The standard InChI is InChI=1S/C30H35N7.C2H6/c1-5-36(6-2)22(4)26-18-28(27-10-7-8-17-32-27)37(29(26)35-21(3)23-19-33-34-20-23)25-13-11-24(12-14-25)30(31)15-9-16-30;1-2/h7-8,10-14,17-20H,3,5-6,9,15-16,31H2,1-2,4H3,(H,33,34);1-2H3/b26-22+,35-29?;. The van der Waals surface area contributed by atoms with Crippen LogP contribution in [-0.2, 0) is 5.54 Å². The molecule has 39 heavy (non-hydrogen) atoms. The summed E-state index contributed by atoms with van der Waals surface area (Å²) < 4.78 is 0. The van der Waals surface area contributed by atoms with Crippen LogP contribution in [-0.4, -0.2) is 39.0 Å². The first kappa shape index (κ1) is 28.0. The molecule has 0 unspecified atom stereocenters. The number of aliphatic imine (C=N–C) groups is 1. The third kappa shape index (κ3) is 5.59. The van der Waals surface area contributed by atoms with Crippen molar-refractivity contribution in [2.75, 3.05) is 18.0 Å². The van der Waals surface area contributed by atoms with Gasteiger partial charge in [-0.25, -0.2) is 4.99 Å². The van der Waals surface area contributed by atoms with E-state index in [2.05, 4.69) is 77.7 Å². The van der Waals surface area contributed by atoms with E-state index in [1.807, 2.05) is 44.4 Å². The average molecular weight is 524 g/mol. The number of aromatic amines is 1. The van der Waals surface area contributed by atoms with Gasteiger partial charge in [0.15, 0.2) is 0 Å². The fourth-order valence-corrected chi connectivity index (χ4v) is 5.10. The van der Waals surface area contributed by atoms with Crippen LogP contribution in [0.25, 0.3) is 11.4 Å². The number of pyridine rings is 1. The molecule has 204 valence electrons. The minimum atomic E-state index is -0.208. The zero-order valence-electron chi connectivity index (χ0n) is 23.9. The first-order valence-corrected chi connectivity index (χ1v) is 14.0. The molecule has 1 fully saturated rings. The number of benzene rings is 1. The van der Waals surface area contributed by atoms with Gasteiger partial charge in [0, 0.05) is 53.5 Å². The van der Waals surface area contributed by atoms with Crippen molar-refractivity contribution in [3.63, 3.8) is 0 Å². The highest BCUT2D eigenvalue weighted by molar-refractivity contribution is 6.25. The highest BCUT2D eigenvalue weighted by Crippen LogP contribution is 2.41. The SMILES string of the molecule is C=C(N=C1/C(=C(\C)N(CC)CC)C=C(c2ccccn2)N1c1ccc(C2(N)CCC2)cc1)c1cn[nH]c1.CC. The van der Waals surface area contributed by atoms with E-state index in [0.717, 1.165) is 65.7 Å². The lowest BCUT2D eigenvalue weighted by atomic mass is 9.73. The number of rotatable bonds is 8. The number of nitrogens with zero attached hydrogens (tertiary/aromatic N) is 5. The first-order chi connectivity index (χ1) is 18.9. The Morgan fingerprint density at radius 2 is 1.85 bits per heavy atom. The predicted molar refractivity (Wildman–Crippen MR) is 163 cm³/mol. The molecule has 0 atom stereocenters. The fraction of sp³-hybridized carbons (Fsp3) is 0.344. The second-order valence-corrected chi connectivity index (χ2v) is 9.68. The van der Waals surface area contributed by atoms with E-state index in [0.29, 0.717) is 5.70 Å². The quantitative estimate of drug-likeness (QED) is 0.342. The Morgan fingerprint density at radius 1 is 1.13 bits per heavy atom. The van der Waals surface area contributed by atoms with Crippen molar-refractivity contribution in [2.45, 2.75) is 59.4 Å². The molecule has 0 saturated heterocycles. The number of allylic oxidation sites excluding steroid dienone is 1. The molecule has 0 amide bonds. The molecule has 3 aromatic rings. The van der Waals surface area contributed by atoms with Gasteiger partial charge >= 0.3 is 0 Å². The van der Waals surface area contributed by atoms with E-state index in [4.69, 9.17) is 15.7 Å². The van der Waals surface area contributed by atoms with Gasteiger partial charge in [-0.15, -0.1) is 0 Å². The van der Waals surface area contributed by atoms with Crippen LogP contribution >= 0.6 is 0 Å². The van der Waals surface area contributed by atoms with Gasteiger partial charge in [-0.2, -0.15) is 5.10 Å².